The molecule has 3 nitrogen and oxygen atoms in total. The summed E-state index contributed by atoms with van der Waals surface area (Å²) in [4.78, 5) is 11.8. The zero-order valence-electron chi connectivity index (χ0n) is 11.3. The molecule has 1 fully saturated rings. The standard InChI is InChI=1S/C15H21BrN2O/c1-11-7-8-14(13(16)9-11)18-15(19)17-10-12-5-3-2-4-6-12/h7-9,12H,2-6,10H2,1H3,(H2,17,18,19). The molecule has 2 rings (SSSR count). The van der Waals surface area contributed by atoms with Crippen molar-refractivity contribution in [3.8, 4) is 0 Å². The molecule has 104 valence electrons. The Hall–Kier alpha value is -1.03. The van der Waals surface area contributed by atoms with Gasteiger partial charge in [-0.15, -0.1) is 0 Å². The van der Waals surface area contributed by atoms with Crippen LogP contribution in [0.5, 0.6) is 0 Å². The third-order valence-electron chi connectivity index (χ3n) is 3.65. The van der Waals surface area contributed by atoms with E-state index < -0.39 is 0 Å². The van der Waals surface area contributed by atoms with Gasteiger partial charge in [0.1, 0.15) is 0 Å². The summed E-state index contributed by atoms with van der Waals surface area (Å²) in [6, 6.07) is 5.79. The summed E-state index contributed by atoms with van der Waals surface area (Å²) in [6.45, 7) is 2.81. The number of urea groups is 1. The van der Waals surface area contributed by atoms with Gasteiger partial charge < -0.3 is 10.6 Å². The van der Waals surface area contributed by atoms with Crippen LogP contribution in [0.1, 0.15) is 37.7 Å². The predicted octanol–water partition coefficient (Wildman–Crippen LogP) is 4.46. The minimum absolute atomic E-state index is 0.116. The Labute approximate surface area is 123 Å². The summed E-state index contributed by atoms with van der Waals surface area (Å²) < 4.78 is 0.917. The van der Waals surface area contributed by atoms with E-state index in [9.17, 15) is 4.79 Å². The summed E-state index contributed by atoms with van der Waals surface area (Å²) in [5.41, 5.74) is 1.98. The second-order valence-electron chi connectivity index (χ2n) is 5.32. The molecule has 1 saturated carbocycles. The molecule has 4 heteroatoms. The Kier molecular flexibility index (Phi) is 5.25. The molecule has 2 N–H and O–H groups in total. The van der Waals surface area contributed by atoms with E-state index in [0.29, 0.717) is 5.92 Å². The van der Waals surface area contributed by atoms with Crippen LogP contribution < -0.4 is 10.6 Å². The Bertz CT molecular complexity index is 442. The maximum Gasteiger partial charge on any atom is 0.319 e. The van der Waals surface area contributed by atoms with E-state index in [0.717, 1.165) is 16.7 Å². The van der Waals surface area contributed by atoms with E-state index in [1.807, 2.05) is 25.1 Å². The first kappa shape index (κ1) is 14.4. The molecule has 0 spiro atoms. The van der Waals surface area contributed by atoms with E-state index in [2.05, 4.69) is 26.6 Å². The van der Waals surface area contributed by atoms with E-state index in [1.54, 1.807) is 0 Å². The van der Waals surface area contributed by atoms with Crippen molar-refractivity contribution in [1.82, 2.24) is 5.32 Å². The third kappa shape index (κ3) is 4.53. The van der Waals surface area contributed by atoms with Gasteiger partial charge in [0, 0.05) is 11.0 Å². The molecule has 0 unspecified atom stereocenters. The van der Waals surface area contributed by atoms with E-state index in [4.69, 9.17) is 0 Å². The number of aryl methyl sites for hydroxylation is 1. The lowest BCUT2D eigenvalue weighted by Crippen LogP contribution is -2.33. The normalized spacial score (nSPS) is 16.1. The largest absolute Gasteiger partial charge is 0.338 e. The number of rotatable bonds is 3. The van der Waals surface area contributed by atoms with Crippen LogP contribution in [-0.4, -0.2) is 12.6 Å². The molecular formula is C15H21BrN2O. The molecule has 0 saturated heterocycles. The second kappa shape index (κ2) is 6.94. The van der Waals surface area contributed by atoms with Crippen LogP contribution in [0, 0.1) is 12.8 Å². The van der Waals surface area contributed by atoms with Gasteiger partial charge >= 0.3 is 6.03 Å². The molecule has 2 amide bonds. The highest BCUT2D eigenvalue weighted by Crippen LogP contribution is 2.24. The van der Waals surface area contributed by atoms with Crippen LogP contribution in [0.15, 0.2) is 22.7 Å². The molecule has 0 radical (unpaired) electrons. The first-order chi connectivity index (χ1) is 9.15. The van der Waals surface area contributed by atoms with Crippen LogP contribution in [-0.2, 0) is 0 Å². The second-order valence-corrected chi connectivity index (χ2v) is 6.18. The fraction of sp³-hybridized carbons (Fsp3) is 0.533. The van der Waals surface area contributed by atoms with Gasteiger partial charge in [-0.2, -0.15) is 0 Å². The number of halogens is 1. The smallest absolute Gasteiger partial charge is 0.319 e. The Morgan fingerprint density at radius 2 is 2.05 bits per heavy atom. The summed E-state index contributed by atoms with van der Waals surface area (Å²) in [5.74, 6) is 0.654. The van der Waals surface area contributed by atoms with Gasteiger partial charge in [0.15, 0.2) is 0 Å². The molecule has 1 aromatic rings. The van der Waals surface area contributed by atoms with Gasteiger partial charge in [-0.05, 0) is 59.3 Å². The van der Waals surface area contributed by atoms with Gasteiger partial charge in [-0.25, -0.2) is 4.79 Å². The Balaban J connectivity index is 1.80. The fourth-order valence-corrected chi connectivity index (χ4v) is 3.11. The molecule has 1 aliphatic rings. The molecule has 1 aliphatic carbocycles. The number of carbonyl (C=O) groups is 1. The molecule has 0 bridgehead atoms. The van der Waals surface area contributed by atoms with Crippen molar-refractivity contribution in [3.05, 3.63) is 28.2 Å². The maximum atomic E-state index is 11.8. The van der Waals surface area contributed by atoms with Crippen molar-refractivity contribution >= 4 is 27.6 Å². The molecule has 0 aliphatic heterocycles. The van der Waals surface area contributed by atoms with E-state index in [-0.39, 0.29) is 6.03 Å². The summed E-state index contributed by atoms with van der Waals surface area (Å²) in [5, 5.41) is 5.85. The fourth-order valence-electron chi connectivity index (χ4n) is 2.52. The zero-order valence-corrected chi connectivity index (χ0v) is 12.9. The van der Waals surface area contributed by atoms with Crippen LogP contribution >= 0.6 is 15.9 Å². The van der Waals surface area contributed by atoms with Crippen molar-refractivity contribution in [1.29, 1.82) is 0 Å². The monoisotopic (exact) mass is 324 g/mol. The lowest BCUT2D eigenvalue weighted by molar-refractivity contribution is 0.247. The number of benzene rings is 1. The molecule has 0 aromatic heterocycles. The molecule has 0 heterocycles. The molecule has 1 aromatic carbocycles. The van der Waals surface area contributed by atoms with Crippen molar-refractivity contribution in [2.45, 2.75) is 39.0 Å². The van der Waals surface area contributed by atoms with E-state index >= 15 is 0 Å². The van der Waals surface area contributed by atoms with Gasteiger partial charge in [-0.3, -0.25) is 0 Å². The predicted molar refractivity (Wildman–Crippen MR) is 82.5 cm³/mol. The molecule has 0 atom stereocenters. The molecule has 19 heavy (non-hydrogen) atoms. The minimum atomic E-state index is -0.116. The number of anilines is 1. The topological polar surface area (TPSA) is 41.1 Å². The van der Waals surface area contributed by atoms with Gasteiger partial charge in [-0.1, -0.05) is 25.3 Å². The number of hydrogen-bond donors (Lipinski definition) is 2. The maximum absolute atomic E-state index is 11.8. The van der Waals surface area contributed by atoms with Crippen LogP contribution in [0.3, 0.4) is 0 Å². The Morgan fingerprint density at radius 1 is 1.32 bits per heavy atom. The highest BCUT2D eigenvalue weighted by Gasteiger charge is 2.14. The summed E-state index contributed by atoms with van der Waals surface area (Å²) in [6.07, 6.45) is 6.44. The number of hydrogen-bond acceptors (Lipinski definition) is 1. The lowest BCUT2D eigenvalue weighted by Gasteiger charge is -2.21. The van der Waals surface area contributed by atoms with E-state index in [1.165, 1.54) is 37.7 Å². The molecular weight excluding hydrogens is 304 g/mol. The average molecular weight is 325 g/mol. The quantitative estimate of drug-likeness (QED) is 0.846. The highest BCUT2D eigenvalue weighted by atomic mass is 79.9. The van der Waals surface area contributed by atoms with Crippen molar-refractivity contribution in [2.24, 2.45) is 5.92 Å². The average Bonchev–Trinajstić information content (AvgIpc) is 2.41. The SMILES string of the molecule is Cc1ccc(NC(=O)NCC2CCCCC2)c(Br)c1. The Morgan fingerprint density at radius 3 is 2.74 bits per heavy atom. The minimum Gasteiger partial charge on any atom is -0.338 e. The van der Waals surface area contributed by atoms with Crippen molar-refractivity contribution < 1.29 is 4.79 Å². The highest BCUT2D eigenvalue weighted by molar-refractivity contribution is 9.10. The van der Waals surface area contributed by atoms with Crippen LogP contribution in [0.4, 0.5) is 10.5 Å². The third-order valence-corrected chi connectivity index (χ3v) is 4.30. The van der Waals surface area contributed by atoms with Crippen molar-refractivity contribution in [2.75, 3.05) is 11.9 Å². The van der Waals surface area contributed by atoms with Crippen LogP contribution in [0.25, 0.3) is 0 Å². The van der Waals surface area contributed by atoms with Crippen LogP contribution in [0.2, 0.25) is 0 Å². The zero-order chi connectivity index (χ0) is 13.7. The van der Waals surface area contributed by atoms with Gasteiger partial charge in [0.05, 0.1) is 5.69 Å². The first-order valence-electron chi connectivity index (χ1n) is 6.96. The lowest BCUT2D eigenvalue weighted by atomic mass is 9.89. The first-order valence-corrected chi connectivity index (χ1v) is 7.75. The van der Waals surface area contributed by atoms with Crippen molar-refractivity contribution in [3.63, 3.8) is 0 Å². The summed E-state index contributed by atoms with van der Waals surface area (Å²) in [7, 11) is 0. The number of nitrogens with one attached hydrogen (secondary N) is 2. The summed E-state index contributed by atoms with van der Waals surface area (Å²) >= 11 is 3.46. The number of amides is 2. The van der Waals surface area contributed by atoms with Gasteiger partial charge in [0.25, 0.3) is 0 Å². The van der Waals surface area contributed by atoms with Gasteiger partial charge in [0.2, 0.25) is 0 Å². The number of carbonyl (C=O) groups excluding carboxylic acids is 1.